The molecule has 1 aromatic rings. The van der Waals surface area contributed by atoms with E-state index in [2.05, 4.69) is 24.5 Å². The van der Waals surface area contributed by atoms with E-state index in [1.54, 1.807) is 0 Å². The molecule has 0 aliphatic carbocycles. The molecular weight excluding hydrogens is 256 g/mol. The van der Waals surface area contributed by atoms with Crippen LogP contribution in [0.5, 0.6) is 0 Å². The van der Waals surface area contributed by atoms with Crippen molar-refractivity contribution >= 4 is 11.6 Å². The van der Waals surface area contributed by atoms with E-state index in [1.807, 2.05) is 24.3 Å². The Morgan fingerprint density at radius 3 is 2.50 bits per heavy atom. The van der Waals surface area contributed by atoms with E-state index in [1.165, 1.54) is 0 Å². The standard InChI is InChI=1S/C15H22N2O3/c1-11(2)16-8-7-14(18)17-13-5-3-12(4-6-13)15-19-9-10-20-15/h3-6,11,15-16H,7-10H2,1-2H3,(H,17,18). The molecule has 5 nitrogen and oxygen atoms in total. The molecule has 0 atom stereocenters. The average molecular weight is 278 g/mol. The van der Waals surface area contributed by atoms with Crippen molar-refractivity contribution in [1.82, 2.24) is 5.32 Å². The van der Waals surface area contributed by atoms with Crippen LogP contribution in [0.1, 0.15) is 32.1 Å². The van der Waals surface area contributed by atoms with Gasteiger partial charge >= 0.3 is 0 Å². The lowest BCUT2D eigenvalue weighted by Crippen LogP contribution is -2.27. The first-order chi connectivity index (χ1) is 9.65. The lowest BCUT2D eigenvalue weighted by Gasteiger charge is -2.11. The second-order valence-corrected chi connectivity index (χ2v) is 5.10. The van der Waals surface area contributed by atoms with E-state index in [-0.39, 0.29) is 12.2 Å². The van der Waals surface area contributed by atoms with Gasteiger partial charge in [0.2, 0.25) is 5.91 Å². The molecule has 0 unspecified atom stereocenters. The van der Waals surface area contributed by atoms with Crippen LogP contribution in [0.15, 0.2) is 24.3 Å². The van der Waals surface area contributed by atoms with E-state index >= 15 is 0 Å². The van der Waals surface area contributed by atoms with Crippen molar-refractivity contribution in [2.45, 2.75) is 32.6 Å². The van der Waals surface area contributed by atoms with Crippen molar-refractivity contribution in [2.75, 3.05) is 25.1 Å². The van der Waals surface area contributed by atoms with Crippen LogP contribution in [0.3, 0.4) is 0 Å². The van der Waals surface area contributed by atoms with Crippen LogP contribution >= 0.6 is 0 Å². The Bertz CT molecular complexity index is 425. The summed E-state index contributed by atoms with van der Waals surface area (Å²) in [5.41, 5.74) is 1.77. The maximum Gasteiger partial charge on any atom is 0.225 e. The molecule has 1 amide bonds. The van der Waals surface area contributed by atoms with Crippen molar-refractivity contribution in [3.05, 3.63) is 29.8 Å². The fraction of sp³-hybridized carbons (Fsp3) is 0.533. The maximum absolute atomic E-state index is 11.7. The zero-order chi connectivity index (χ0) is 14.4. The molecule has 2 N–H and O–H groups in total. The Hall–Kier alpha value is -1.43. The quantitative estimate of drug-likeness (QED) is 0.836. The summed E-state index contributed by atoms with van der Waals surface area (Å²) >= 11 is 0. The molecule has 0 spiro atoms. The molecule has 2 rings (SSSR count). The number of benzene rings is 1. The van der Waals surface area contributed by atoms with Gasteiger partial charge in [0.15, 0.2) is 6.29 Å². The Morgan fingerprint density at radius 1 is 1.25 bits per heavy atom. The van der Waals surface area contributed by atoms with Crippen molar-refractivity contribution in [2.24, 2.45) is 0 Å². The molecule has 5 heteroatoms. The zero-order valence-corrected chi connectivity index (χ0v) is 12.0. The second kappa shape index (κ2) is 7.38. The fourth-order valence-electron chi connectivity index (χ4n) is 1.97. The summed E-state index contributed by atoms with van der Waals surface area (Å²) in [6.07, 6.45) is 0.199. The van der Waals surface area contributed by atoms with Crippen molar-refractivity contribution in [3.63, 3.8) is 0 Å². The summed E-state index contributed by atoms with van der Waals surface area (Å²) in [5.74, 6) is 0.0132. The largest absolute Gasteiger partial charge is 0.346 e. The monoisotopic (exact) mass is 278 g/mol. The number of nitrogens with one attached hydrogen (secondary N) is 2. The molecule has 0 radical (unpaired) electrons. The number of hydrogen-bond acceptors (Lipinski definition) is 4. The van der Waals surface area contributed by atoms with Crippen LogP contribution in [0.4, 0.5) is 5.69 Å². The van der Waals surface area contributed by atoms with Crippen LogP contribution in [-0.4, -0.2) is 31.7 Å². The second-order valence-electron chi connectivity index (χ2n) is 5.10. The summed E-state index contributed by atoms with van der Waals surface area (Å²) in [7, 11) is 0. The van der Waals surface area contributed by atoms with Gasteiger partial charge in [-0.25, -0.2) is 0 Å². The molecule has 1 heterocycles. The smallest absolute Gasteiger partial charge is 0.225 e. The number of carbonyl (C=O) groups is 1. The first-order valence-corrected chi connectivity index (χ1v) is 7.01. The first kappa shape index (κ1) is 15.0. The topological polar surface area (TPSA) is 59.6 Å². The minimum absolute atomic E-state index is 0.0132. The third kappa shape index (κ3) is 4.59. The van der Waals surface area contributed by atoms with Crippen molar-refractivity contribution in [3.8, 4) is 0 Å². The Morgan fingerprint density at radius 2 is 1.90 bits per heavy atom. The summed E-state index contributed by atoms with van der Waals surface area (Å²) in [6.45, 7) is 6.07. The minimum Gasteiger partial charge on any atom is -0.346 e. The van der Waals surface area contributed by atoms with E-state index < -0.39 is 0 Å². The molecule has 1 fully saturated rings. The van der Waals surface area contributed by atoms with Crippen LogP contribution in [-0.2, 0) is 14.3 Å². The van der Waals surface area contributed by atoms with Crippen LogP contribution in [0.2, 0.25) is 0 Å². The highest BCUT2D eigenvalue weighted by Gasteiger charge is 2.17. The Balaban J connectivity index is 1.79. The van der Waals surface area contributed by atoms with Gasteiger partial charge in [-0.1, -0.05) is 26.0 Å². The van der Waals surface area contributed by atoms with Gasteiger partial charge in [0.05, 0.1) is 13.2 Å². The van der Waals surface area contributed by atoms with Gasteiger partial charge in [0.25, 0.3) is 0 Å². The highest BCUT2D eigenvalue weighted by Crippen LogP contribution is 2.24. The molecule has 1 aliphatic heterocycles. The lowest BCUT2D eigenvalue weighted by molar-refractivity contribution is -0.116. The van der Waals surface area contributed by atoms with E-state index in [0.717, 1.165) is 11.3 Å². The molecule has 110 valence electrons. The number of carbonyl (C=O) groups excluding carboxylic acids is 1. The number of ether oxygens (including phenoxy) is 2. The predicted molar refractivity (Wildman–Crippen MR) is 77.5 cm³/mol. The van der Waals surface area contributed by atoms with Gasteiger partial charge < -0.3 is 20.1 Å². The van der Waals surface area contributed by atoms with Crippen LogP contribution in [0.25, 0.3) is 0 Å². The van der Waals surface area contributed by atoms with Crippen molar-refractivity contribution < 1.29 is 14.3 Å². The molecule has 1 aliphatic rings. The molecule has 0 bridgehead atoms. The number of rotatable bonds is 6. The van der Waals surface area contributed by atoms with E-state index in [4.69, 9.17) is 9.47 Å². The third-order valence-electron chi connectivity index (χ3n) is 2.99. The Labute approximate surface area is 119 Å². The maximum atomic E-state index is 11.7. The minimum atomic E-state index is -0.269. The highest BCUT2D eigenvalue weighted by molar-refractivity contribution is 5.90. The third-order valence-corrected chi connectivity index (χ3v) is 2.99. The fourth-order valence-corrected chi connectivity index (χ4v) is 1.97. The van der Waals surface area contributed by atoms with Gasteiger partial charge in [-0.05, 0) is 12.1 Å². The average Bonchev–Trinajstić information content (AvgIpc) is 2.93. The van der Waals surface area contributed by atoms with Crippen LogP contribution < -0.4 is 10.6 Å². The van der Waals surface area contributed by atoms with Crippen molar-refractivity contribution in [1.29, 1.82) is 0 Å². The Kier molecular flexibility index (Phi) is 5.52. The van der Waals surface area contributed by atoms with Gasteiger partial charge in [0, 0.05) is 30.3 Å². The molecule has 0 aromatic heterocycles. The molecular formula is C15H22N2O3. The molecule has 1 saturated heterocycles. The van der Waals surface area contributed by atoms with Gasteiger partial charge in [-0.15, -0.1) is 0 Å². The van der Waals surface area contributed by atoms with E-state index in [9.17, 15) is 4.79 Å². The summed E-state index contributed by atoms with van der Waals surface area (Å²) in [5, 5.41) is 6.09. The first-order valence-electron chi connectivity index (χ1n) is 7.01. The summed E-state index contributed by atoms with van der Waals surface area (Å²) < 4.78 is 10.8. The number of anilines is 1. The van der Waals surface area contributed by atoms with E-state index in [0.29, 0.717) is 32.2 Å². The highest BCUT2D eigenvalue weighted by atomic mass is 16.7. The molecule has 1 aromatic carbocycles. The summed E-state index contributed by atoms with van der Waals surface area (Å²) in [4.78, 5) is 11.7. The van der Waals surface area contributed by atoms with Gasteiger partial charge in [0.1, 0.15) is 0 Å². The predicted octanol–water partition coefficient (Wildman–Crippen LogP) is 2.06. The van der Waals surface area contributed by atoms with Gasteiger partial charge in [-0.2, -0.15) is 0 Å². The number of hydrogen-bond donors (Lipinski definition) is 2. The number of amides is 1. The lowest BCUT2D eigenvalue weighted by atomic mass is 10.2. The van der Waals surface area contributed by atoms with Crippen LogP contribution in [0, 0.1) is 0 Å². The normalized spacial score (nSPS) is 15.8. The zero-order valence-electron chi connectivity index (χ0n) is 12.0. The summed E-state index contributed by atoms with van der Waals surface area (Å²) in [6, 6.07) is 7.96. The molecule has 20 heavy (non-hydrogen) atoms. The SMILES string of the molecule is CC(C)NCCC(=O)Nc1ccc(C2OCCO2)cc1. The van der Waals surface area contributed by atoms with Gasteiger partial charge in [-0.3, -0.25) is 4.79 Å². The molecule has 0 saturated carbocycles.